The molecule has 0 spiro atoms. The molecule has 4 heteroatoms. The highest BCUT2D eigenvalue weighted by Crippen LogP contribution is 2.28. The lowest BCUT2D eigenvalue weighted by Crippen LogP contribution is -1.84. The number of phenolic OH excluding ortho intramolecular Hbond substituents is 1. The molecule has 0 atom stereocenters. The number of hydrogen-bond donors (Lipinski definition) is 2. The Morgan fingerprint density at radius 3 is 2.70 bits per heavy atom. The molecule has 1 aromatic carbocycles. The molecule has 0 radical (unpaired) electrons. The van der Waals surface area contributed by atoms with Gasteiger partial charge in [-0.25, -0.2) is 0 Å². The fourth-order valence-corrected chi connectivity index (χ4v) is 1.16. The normalized spacial score (nSPS) is 9.70. The van der Waals surface area contributed by atoms with Gasteiger partial charge in [0.15, 0.2) is 0 Å². The van der Waals surface area contributed by atoms with E-state index < -0.39 is 0 Å². The van der Waals surface area contributed by atoms with Crippen LogP contribution in [0.25, 0.3) is 0 Å². The molecule has 54 valence electrons. The van der Waals surface area contributed by atoms with Gasteiger partial charge in [0.05, 0.1) is 5.69 Å². The molecular formula is C6H6ClNOS. The fraction of sp³-hybridized carbons (Fsp3) is 0. The Labute approximate surface area is 67.5 Å². The summed E-state index contributed by atoms with van der Waals surface area (Å²) in [6, 6.07) is 4.83. The Kier molecular flexibility index (Phi) is 2.29. The zero-order valence-electron chi connectivity index (χ0n) is 5.04. The van der Waals surface area contributed by atoms with Crippen LogP contribution in [0.4, 0.5) is 5.69 Å². The first-order valence-corrected chi connectivity index (χ1v) is 4.25. The van der Waals surface area contributed by atoms with Crippen LogP contribution in [0.3, 0.4) is 0 Å². The third-order valence-corrected chi connectivity index (χ3v) is 2.05. The van der Waals surface area contributed by atoms with Crippen molar-refractivity contribution in [3.05, 3.63) is 18.2 Å². The molecule has 0 aliphatic carbocycles. The van der Waals surface area contributed by atoms with E-state index in [1.807, 2.05) is 0 Å². The lowest BCUT2D eigenvalue weighted by molar-refractivity contribution is 0.477. The zero-order chi connectivity index (χ0) is 7.56. The van der Waals surface area contributed by atoms with Crippen molar-refractivity contribution in [3.63, 3.8) is 0 Å². The van der Waals surface area contributed by atoms with Crippen molar-refractivity contribution >= 4 is 27.3 Å². The number of aromatic hydroxyl groups is 1. The minimum Gasteiger partial charge on any atom is -0.506 e. The van der Waals surface area contributed by atoms with Crippen LogP contribution < -0.4 is 5.73 Å². The average molecular weight is 176 g/mol. The summed E-state index contributed by atoms with van der Waals surface area (Å²) in [5.41, 5.74) is 5.73. The van der Waals surface area contributed by atoms with Crippen molar-refractivity contribution in [2.45, 2.75) is 4.90 Å². The van der Waals surface area contributed by atoms with Crippen LogP contribution in [0.1, 0.15) is 0 Å². The van der Waals surface area contributed by atoms with E-state index >= 15 is 0 Å². The third kappa shape index (κ3) is 1.49. The maximum absolute atomic E-state index is 8.96. The molecule has 10 heavy (non-hydrogen) atoms. The van der Waals surface area contributed by atoms with Gasteiger partial charge in [0, 0.05) is 4.90 Å². The summed E-state index contributed by atoms with van der Waals surface area (Å²) in [4.78, 5) is 0.831. The summed E-state index contributed by atoms with van der Waals surface area (Å²) in [6.07, 6.45) is 0. The molecule has 3 N–H and O–H groups in total. The molecule has 1 aromatic rings. The summed E-state index contributed by atoms with van der Waals surface area (Å²) in [5, 5.41) is 8.96. The quantitative estimate of drug-likeness (QED) is 0.508. The van der Waals surface area contributed by atoms with Gasteiger partial charge >= 0.3 is 0 Å². The molecule has 0 heterocycles. The number of benzene rings is 1. The summed E-state index contributed by atoms with van der Waals surface area (Å²) in [6.45, 7) is 0. The highest BCUT2D eigenvalue weighted by atomic mass is 35.7. The summed E-state index contributed by atoms with van der Waals surface area (Å²) < 4.78 is 0. The second kappa shape index (κ2) is 3.03. The first-order chi connectivity index (χ1) is 4.74. The fourth-order valence-electron chi connectivity index (χ4n) is 0.581. The van der Waals surface area contributed by atoms with E-state index in [1.54, 1.807) is 12.1 Å². The van der Waals surface area contributed by atoms with Crippen LogP contribution in [0.5, 0.6) is 5.75 Å². The van der Waals surface area contributed by atoms with E-state index in [9.17, 15) is 0 Å². The van der Waals surface area contributed by atoms with Gasteiger partial charge in [-0.2, -0.15) is 0 Å². The van der Waals surface area contributed by atoms with Crippen molar-refractivity contribution < 1.29 is 5.11 Å². The number of halogens is 1. The van der Waals surface area contributed by atoms with Crippen LogP contribution in [-0.2, 0) is 0 Å². The van der Waals surface area contributed by atoms with Crippen LogP contribution in [0.2, 0.25) is 0 Å². The van der Waals surface area contributed by atoms with Gasteiger partial charge in [0.2, 0.25) is 0 Å². The van der Waals surface area contributed by atoms with Crippen molar-refractivity contribution in [1.82, 2.24) is 0 Å². The standard InChI is InChI=1S/C6H6ClNOS/c7-10-4-1-2-6(9)5(8)3-4/h1-3,9H,8H2. The topological polar surface area (TPSA) is 46.2 Å². The zero-order valence-corrected chi connectivity index (χ0v) is 6.62. The second-order valence-corrected chi connectivity index (χ2v) is 2.89. The highest BCUT2D eigenvalue weighted by Gasteiger charge is 1.96. The van der Waals surface area contributed by atoms with Crippen molar-refractivity contribution in [1.29, 1.82) is 0 Å². The molecule has 0 unspecified atom stereocenters. The van der Waals surface area contributed by atoms with Gasteiger partial charge < -0.3 is 10.8 Å². The van der Waals surface area contributed by atoms with Gasteiger partial charge in [0.1, 0.15) is 5.75 Å². The molecule has 0 amide bonds. The predicted octanol–water partition coefficient (Wildman–Crippen LogP) is 2.22. The van der Waals surface area contributed by atoms with Gasteiger partial charge in [0.25, 0.3) is 0 Å². The minimum atomic E-state index is 0.0921. The molecule has 0 saturated heterocycles. The Balaban J connectivity index is 3.04. The van der Waals surface area contributed by atoms with Crippen molar-refractivity contribution in [2.24, 2.45) is 0 Å². The van der Waals surface area contributed by atoms with E-state index in [0.29, 0.717) is 5.69 Å². The lowest BCUT2D eigenvalue weighted by Gasteiger charge is -1.98. The molecule has 0 aliphatic rings. The molecule has 0 saturated carbocycles. The Morgan fingerprint density at radius 1 is 1.50 bits per heavy atom. The first-order valence-electron chi connectivity index (χ1n) is 2.61. The SMILES string of the molecule is Nc1cc(SCl)ccc1O. The number of rotatable bonds is 1. The van der Waals surface area contributed by atoms with E-state index in [2.05, 4.69) is 0 Å². The van der Waals surface area contributed by atoms with E-state index in [4.69, 9.17) is 21.5 Å². The number of phenols is 1. The van der Waals surface area contributed by atoms with Crippen molar-refractivity contribution in [2.75, 3.05) is 5.73 Å². The maximum atomic E-state index is 8.96. The van der Waals surface area contributed by atoms with Crippen LogP contribution >= 0.6 is 21.7 Å². The van der Waals surface area contributed by atoms with Crippen LogP contribution in [0, 0.1) is 0 Å². The van der Waals surface area contributed by atoms with Crippen molar-refractivity contribution in [3.8, 4) is 5.75 Å². The number of nitrogens with two attached hydrogens (primary N) is 1. The van der Waals surface area contributed by atoms with Gasteiger partial charge in [-0.1, -0.05) is 0 Å². The highest BCUT2D eigenvalue weighted by molar-refractivity contribution is 8.21. The molecule has 2 nitrogen and oxygen atoms in total. The number of hydrogen-bond acceptors (Lipinski definition) is 3. The van der Waals surface area contributed by atoms with Gasteiger partial charge in [-0.15, -0.1) is 0 Å². The average Bonchev–Trinajstić information content (AvgIpc) is 1.95. The maximum Gasteiger partial charge on any atom is 0.138 e. The Morgan fingerprint density at radius 2 is 2.20 bits per heavy atom. The summed E-state index contributed by atoms with van der Waals surface area (Å²) >= 11 is 0. The molecule has 1 rings (SSSR count). The first kappa shape index (κ1) is 7.57. The third-order valence-electron chi connectivity index (χ3n) is 1.09. The molecule has 0 aromatic heterocycles. The largest absolute Gasteiger partial charge is 0.506 e. The summed E-state index contributed by atoms with van der Waals surface area (Å²) in [5.74, 6) is 0.0921. The summed E-state index contributed by atoms with van der Waals surface area (Å²) in [7, 11) is 6.50. The minimum absolute atomic E-state index is 0.0921. The molecule has 0 aliphatic heterocycles. The lowest BCUT2D eigenvalue weighted by atomic mass is 10.3. The van der Waals surface area contributed by atoms with Crippen LogP contribution in [-0.4, -0.2) is 5.11 Å². The smallest absolute Gasteiger partial charge is 0.138 e. The van der Waals surface area contributed by atoms with Gasteiger partial charge in [-0.3, -0.25) is 0 Å². The number of anilines is 1. The predicted molar refractivity (Wildman–Crippen MR) is 44.2 cm³/mol. The molecular weight excluding hydrogens is 170 g/mol. The van der Waals surface area contributed by atoms with Gasteiger partial charge in [-0.05, 0) is 39.9 Å². The molecule has 0 fully saturated rings. The van der Waals surface area contributed by atoms with E-state index in [1.165, 1.54) is 6.07 Å². The monoisotopic (exact) mass is 175 g/mol. The van der Waals surface area contributed by atoms with E-state index in [-0.39, 0.29) is 5.75 Å². The Bertz CT molecular complexity index is 241. The van der Waals surface area contributed by atoms with E-state index in [0.717, 1.165) is 15.9 Å². The van der Waals surface area contributed by atoms with Crippen LogP contribution in [0.15, 0.2) is 23.1 Å². The second-order valence-electron chi connectivity index (χ2n) is 1.80. The number of nitrogen functional groups attached to an aromatic ring is 1. The Hall–Kier alpha value is -0.540. The molecule has 0 bridgehead atoms.